The van der Waals surface area contributed by atoms with E-state index in [2.05, 4.69) is 4.90 Å². The van der Waals surface area contributed by atoms with Crippen molar-refractivity contribution >= 4 is 11.9 Å². The Morgan fingerprint density at radius 1 is 1.10 bits per heavy atom. The second-order valence-electron chi connectivity index (χ2n) is 6.48. The highest BCUT2D eigenvalue weighted by Gasteiger charge is 2.36. The highest BCUT2D eigenvalue weighted by molar-refractivity contribution is 5.80. The summed E-state index contributed by atoms with van der Waals surface area (Å²) in [5.41, 5.74) is 0. The molecule has 1 saturated carbocycles. The monoisotopic (exact) mass is 282 g/mol. The number of carboxylic acid groups (broad SMARTS) is 1. The third kappa shape index (κ3) is 3.51. The molecule has 114 valence electrons. The molecule has 1 aliphatic heterocycles. The fourth-order valence-corrected chi connectivity index (χ4v) is 3.56. The zero-order valence-electron chi connectivity index (χ0n) is 12.5. The Kier molecular flexibility index (Phi) is 5.02. The zero-order valence-corrected chi connectivity index (χ0v) is 12.5. The van der Waals surface area contributed by atoms with Gasteiger partial charge in [-0.3, -0.25) is 9.59 Å². The van der Waals surface area contributed by atoms with Gasteiger partial charge in [-0.05, 0) is 52.6 Å². The lowest BCUT2D eigenvalue weighted by molar-refractivity contribution is -0.146. The molecule has 1 amide bonds. The fourth-order valence-electron chi connectivity index (χ4n) is 3.56. The molecule has 2 aliphatic rings. The number of carbonyl (C=O) groups excluding carboxylic acids is 1. The number of hydrogen-bond donors (Lipinski definition) is 1. The van der Waals surface area contributed by atoms with Crippen LogP contribution in [0.1, 0.15) is 38.5 Å². The molecule has 0 spiro atoms. The van der Waals surface area contributed by atoms with E-state index in [9.17, 15) is 9.59 Å². The van der Waals surface area contributed by atoms with Gasteiger partial charge in [-0.2, -0.15) is 0 Å². The summed E-state index contributed by atoms with van der Waals surface area (Å²) in [6.07, 6.45) is 4.96. The molecule has 5 nitrogen and oxygen atoms in total. The Bertz CT molecular complexity index is 362. The zero-order chi connectivity index (χ0) is 14.7. The van der Waals surface area contributed by atoms with Gasteiger partial charge in [0.15, 0.2) is 0 Å². The summed E-state index contributed by atoms with van der Waals surface area (Å²) in [4.78, 5) is 27.8. The minimum atomic E-state index is -0.706. The van der Waals surface area contributed by atoms with Gasteiger partial charge in [-0.15, -0.1) is 0 Å². The van der Waals surface area contributed by atoms with Crippen LogP contribution in [0.15, 0.2) is 0 Å². The van der Waals surface area contributed by atoms with Gasteiger partial charge in [-0.1, -0.05) is 0 Å². The SMILES string of the molecule is CN(C)CC1CCCN1C(=O)C1CCC(C(=O)O)CC1. The van der Waals surface area contributed by atoms with E-state index in [1.54, 1.807) is 0 Å². The van der Waals surface area contributed by atoms with Crippen molar-refractivity contribution in [3.8, 4) is 0 Å². The van der Waals surface area contributed by atoms with Crippen LogP contribution in [-0.2, 0) is 9.59 Å². The topological polar surface area (TPSA) is 60.9 Å². The number of aliphatic carboxylic acids is 1. The first-order valence-electron chi connectivity index (χ1n) is 7.67. The lowest BCUT2D eigenvalue weighted by Crippen LogP contribution is -2.45. The van der Waals surface area contributed by atoms with E-state index in [0.29, 0.717) is 18.9 Å². The molecule has 1 saturated heterocycles. The van der Waals surface area contributed by atoms with Crippen molar-refractivity contribution in [2.24, 2.45) is 11.8 Å². The molecule has 0 aromatic rings. The summed E-state index contributed by atoms with van der Waals surface area (Å²) < 4.78 is 0. The second kappa shape index (κ2) is 6.57. The van der Waals surface area contributed by atoms with E-state index in [0.717, 1.165) is 38.8 Å². The van der Waals surface area contributed by atoms with Crippen molar-refractivity contribution in [2.45, 2.75) is 44.6 Å². The second-order valence-corrected chi connectivity index (χ2v) is 6.48. The van der Waals surface area contributed by atoms with Crippen LogP contribution in [0.4, 0.5) is 0 Å². The molecular weight excluding hydrogens is 256 g/mol. The third-order valence-corrected chi connectivity index (χ3v) is 4.66. The van der Waals surface area contributed by atoms with Crippen LogP contribution in [0.3, 0.4) is 0 Å². The van der Waals surface area contributed by atoms with Crippen molar-refractivity contribution in [2.75, 3.05) is 27.2 Å². The quantitative estimate of drug-likeness (QED) is 0.847. The normalized spacial score (nSPS) is 30.8. The maximum atomic E-state index is 12.6. The highest BCUT2D eigenvalue weighted by Crippen LogP contribution is 2.32. The molecule has 1 unspecified atom stereocenters. The van der Waals surface area contributed by atoms with Gasteiger partial charge in [0.25, 0.3) is 0 Å². The molecule has 1 heterocycles. The molecular formula is C15H26N2O3. The Morgan fingerprint density at radius 2 is 1.70 bits per heavy atom. The molecule has 20 heavy (non-hydrogen) atoms. The molecule has 2 rings (SSSR count). The summed E-state index contributed by atoms with van der Waals surface area (Å²) >= 11 is 0. The van der Waals surface area contributed by atoms with Gasteiger partial charge >= 0.3 is 5.97 Å². The molecule has 0 radical (unpaired) electrons. The Balaban J connectivity index is 1.89. The molecule has 1 aliphatic carbocycles. The number of carboxylic acids is 1. The number of hydrogen-bond acceptors (Lipinski definition) is 3. The van der Waals surface area contributed by atoms with E-state index < -0.39 is 5.97 Å². The van der Waals surface area contributed by atoms with E-state index in [1.165, 1.54) is 0 Å². The predicted octanol–water partition coefficient (Wildman–Crippen LogP) is 1.43. The first-order valence-corrected chi connectivity index (χ1v) is 7.67. The summed E-state index contributed by atoms with van der Waals surface area (Å²) in [5, 5.41) is 9.01. The van der Waals surface area contributed by atoms with E-state index >= 15 is 0 Å². The summed E-state index contributed by atoms with van der Waals surface area (Å²) in [7, 11) is 4.08. The minimum absolute atomic E-state index is 0.0494. The van der Waals surface area contributed by atoms with Gasteiger partial charge in [-0.25, -0.2) is 0 Å². The number of carbonyl (C=O) groups is 2. The standard InChI is InChI=1S/C15H26N2O3/c1-16(2)10-13-4-3-9-17(13)14(18)11-5-7-12(8-6-11)15(19)20/h11-13H,3-10H2,1-2H3,(H,19,20). The molecule has 1 N–H and O–H groups in total. The average Bonchev–Trinajstić information content (AvgIpc) is 2.85. The van der Waals surface area contributed by atoms with Crippen molar-refractivity contribution < 1.29 is 14.7 Å². The summed E-state index contributed by atoms with van der Waals surface area (Å²) in [5.74, 6) is -0.635. The predicted molar refractivity (Wildman–Crippen MR) is 76.4 cm³/mol. The van der Waals surface area contributed by atoms with Crippen molar-refractivity contribution in [1.82, 2.24) is 9.80 Å². The molecule has 0 aromatic heterocycles. The van der Waals surface area contributed by atoms with E-state index in [4.69, 9.17) is 5.11 Å². The van der Waals surface area contributed by atoms with Crippen LogP contribution < -0.4 is 0 Å². The van der Waals surface area contributed by atoms with E-state index in [1.807, 2.05) is 19.0 Å². The Hall–Kier alpha value is -1.10. The highest BCUT2D eigenvalue weighted by atomic mass is 16.4. The third-order valence-electron chi connectivity index (χ3n) is 4.66. The maximum absolute atomic E-state index is 12.6. The summed E-state index contributed by atoms with van der Waals surface area (Å²) in [6, 6.07) is 0.342. The first kappa shape index (κ1) is 15.3. The number of rotatable bonds is 4. The van der Waals surface area contributed by atoms with Crippen LogP contribution >= 0.6 is 0 Å². The van der Waals surface area contributed by atoms with Crippen molar-refractivity contribution in [3.63, 3.8) is 0 Å². The fraction of sp³-hybridized carbons (Fsp3) is 0.867. The van der Waals surface area contributed by atoms with Gasteiger partial charge in [0, 0.05) is 25.0 Å². The lowest BCUT2D eigenvalue weighted by Gasteiger charge is -2.33. The van der Waals surface area contributed by atoms with Crippen LogP contribution in [0, 0.1) is 11.8 Å². The van der Waals surface area contributed by atoms with Crippen LogP contribution in [-0.4, -0.2) is 60.0 Å². The molecule has 0 aromatic carbocycles. The number of likely N-dealkylation sites (tertiary alicyclic amines) is 1. The molecule has 5 heteroatoms. The Morgan fingerprint density at radius 3 is 2.25 bits per heavy atom. The van der Waals surface area contributed by atoms with Gasteiger partial charge < -0.3 is 14.9 Å². The number of likely N-dealkylation sites (N-methyl/N-ethyl adjacent to an activating group) is 1. The van der Waals surface area contributed by atoms with Gasteiger partial charge in [0.05, 0.1) is 5.92 Å². The smallest absolute Gasteiger partial charge is 0.306 e. The van der Waals surface area contributed by atoms with Crippen LogP contribution in [0.2, 0.25) is 0 Å². The first-order chi connectivity index (χ1) is 9.49. The number of nitrogens with zero attached hydrogens (tertiary/aromatic N) is 2. The maximum Gasteiger partial charge on any atom is 0.306 e. The summed E-state index contributed by atoms with van der Waals surface area (Å²) in [6.45, 7) is 1.80. The van der Waals surface area contributed by atoms with Crippen LogP contribution in [0.5, 0.6) is 0 Å². The van der Waals surface area contributed by atoms with Crippen LogP contribution in [0.25, 0.3) is 0 Å². The minimum Gasteiger partial charge on any atom is -0.481 e. The van der Waals surface area contributed by atoms with Gasteiger partial charge in [0.1, 0.15) is 0 Å². The van der Waals surface area contributed by atoms with E-state index in [-0.39, 0.29) is 17.7 Å². The largest absolute Gasteiger partial charge is 0.481 e. The van der Waals surface area contributed by atoms with Crippen molar-refractivity contribution in [3.05, 3.63) is 0 Å². The Labute approximate surface area is 120 Å². The lowest BCUT2D eigenvalue weighted by atomic mass is 9.81. The molecule has 1 atom stereocenters. The number of amides is 1. The average molecular weight is 282 g/mol. The van der Waals surface area contributed by atoms with Crippen molar-refractivity contribution in [1.29, 1.82) is 0 Å². The molecule has 0 bridgehead atoms. The van der Waals surface area contributed by atoms with Gasteiger partial charge in [0.2, 0.25) is 5.91 Å². The molecule has 2 fully saturated rings.